The van der Waals surface area contributed by atoms with E-state index < -0.39 is 5.97 Å². The Morgan fingerprint density at radius 1 is 1.08 bits per heavy atom. The van der Waals surface area contributed by atoms with Crippen molar-refractivity contribution in [1.82, 2.24) is 4.98 Å². The van der Waals surface area contributed by atoms with Crippen LogP contribution in [0.15, 0.2) is 60.0 Å². The number of aromatic nitrogens is 1. The quantitative estimate of drug-likeness (QED) is 0.665. The number of anilines is 1. The summed E-state index contributed by atoms with van der Waals surface area (Å²) >= 11 is 1.56. The van der Waals surface area contributed by atoms with Gasteiger partial charge in [0.2, 0.25) is 5.91 Å². The van der Waals surface area contributed by atoms with Crippen molar-refractivity contribution >= 4 is 28.9 Å². The number of aryl methyl sites for hydroxylation is 1. The van der Waals surface area contributed by atoms with Crippen LogP contribution >= 0.6 is 11.3 Å². The zero-order valence-electron chi connectivity index (χ0n) is 14.3. The number of carbonyl (C=O) groups excluding carboxylic acids is 2. The van der Waals surface area contributed by atoms with Crippen LogP contribution in [0.4, 0.5) is 5.69 Å². The molecule has 0 fully saturated rings. The fourth-order valence-electron chi connectivity index (χ4n) is 2.42. The van der Waals surface area contributed by atoms with Gasteiger partial charge in [-0.15, -0.1) is 11.3 Å². The van der Waals surface area contributed by atoms with Crippen molar-refractivity contribution in [3.05, 3.63) is 70.5 Å². The van der Waals surface area contributed by atoms with Crippen LogP contribution in [0.1, 0.15) is 21.8 Å². The summed E-state index contributed by atoms with van der Waals surface area (Å²) in [5.74, 6) is -0.492. The van der Waals surface area contributed by atoms with E-state index in [4.69, 9.17) is 0 Å². The molecule has 3 aromatic rings. The van der Waals surface area contributed by atoms with Crippen LogP contribution in [0.25, 0.3) is 11.3 Å². The Hall–Kier alpha value is -2.99. The molecular formula is C20H18N2O3S. The second-order valence-electron chi connectivity index (χ2n) is 5.61. The highest BCUT2D eigenvalue weighted by Crippen LogP contribution is 2.22. The molecule has 0 saturated carbocycles. The number of benzene rings is 2. The van der Waals surface area contributed by atoms with Crippen molar-refractivity contribution in [3.8, 4) is 11.3 Å². The SMILES string of the molecule is COC(=O)c1ccc(NC(=O)CCc2nc(-c3ccccc3)cs2)cc1. The molecule has 0 aliphatic heterocycles. The molecule has 0 radical (unpaired) electrons. The van der Waals surface area contributed by atoms with Crippen LogP contribution in [-0.2, 0) is 16.0 Å². The molecule has 0 atom stereocenters. The van der Waals surface area contributed by atoms with Gasteiger partial charge in [0.1, 0.15) is 0 Å². The summed E-state index contributed by atoms with van der Waals surface area (Å²) in [6.07, 6.45) is 0.935. The number of ether oxygens (including phenoxy) is 1. The molecule has 0 aliphatic rings. The molecule has 2 aromatic carbocycles. The van der Waals surface area contributed by atoms with Gasteiger partial charge in [0, 0.05) is 29.5 Å². The van der Waals surface area contributed by atoms with E-state index in [0.717, 1.165) is 16.3 Å². The van der Waals surface area contributed by atoms with Gasteiger partial charge in [-0.2, -0.15) is 0 Å². The number of hydrogen-bond acceptors (Lipinski definition) is 5. The molecule has 5 nitrogen and oxygen atoms in total. The summed E-state index contributed by atoms with van der Waals surface area (Å²) in [6, 6.07) is 16.6. The highest BCUT2D eigenvalue weighted by Gasteiger charge is 2.09. The van der Waals surface area contributed by atoms with Crippen molar-refractivity contribution in [1.29, 1.82) is 0 Å². The van der Waals surface area contributed by atoms with Gasteiger partial charge in [-0.3, -0.25) is 4.79 Å². The van der Waals surface area contributed by atoms with E-state index in [1.165, 1.54) is 7.11 Å². The molecule has 0 bridgehead atoms. The normalized spacial score (nSPS) is 10.3. The minimum absolute atomic E-state index is 0.0905. The third-order valence-corrected chi connectivity index (χ3v) is 4.69. The summed E-state index contributed by atoms with van der Waals surface area (Å²) in [6.45, 7) is 0. The number of thiazole rings is 1. The zero-order chi connectivity index (χ0) is 18.4. The largest absolute Gasteiger partial charge is 0.465 e. The van der Waals surface area contributed by atoms with E-state index in [9.17, 15) is 9.59 Å². The van der Waals surface area contributed by atoms with Crippen molar-refractivity contribution in [2.24, 2.45) is 0 Å². The van der Waals surface area contributed by atoms with Gasteiger partial charge in [0.05, 0.1) is 23.4 Å². The van der Waals surface area contributed by atoms with E-state index in [-0.39, 0.29) is 5.91 Å². The molecule has 3 rings (SSSR count). The van der Waals surface area contributed by atoms with Gasteiger partial charge < -0.3 is 10.1 Å². The van der Waals surface area contributed by atoms with Crippen LogP contribution < -0.4 is 5.32 Å². The molecule has 1 heterocycles. The molecule has 1 N–H and O–H groups in total. The Kier molecular flexibility index (Phi) is 5.76. The predicted octanol–water partition coefficient (Wildman–Crippen LogP) is 4.17. The van der Waals surface area contributed by atoms with Crippen LogP contribution in [0.5, 0.6) is 0 Å². The van der Waals surface area contributed by atoms with Gasteiger partial charge in [0.25, 0.3) is 0 Å². The summed E-state index contributed by atoms with van der Waals surface area (Å²) in [5.41, 5.74) is 3.10. The highest BCUT2D eigenvalue weighted by molar-refractivity contribution is 7.09. The molecule has 0 aliphatic carbocycles. The first-order valence-electron chi connectivity index (χ1n) is 8.14. The molecule has 1 aromatic heterocycles. The second-order valence-corrected chi connectivity index (χ2v) is 6.55. The lowest BCUT2D eigenvalue weighted by atomic mass is 10.2. The molecule has 26 heavy (non-hydrogen) atoms. The maximum atomic E-state index is 12.1. The number of rotatable bonds is 6. The number of methoxy groups -OCH3 is 1. The first kappa shape index (κ1) is 17.8. The lowest BCUT2D eigenvalue weighted by molar-refractivity contribution is -0.116. The lowest BCUT2D eigenvalue weighted by Crippen LogP contribution is -2.12. The monoisotopic (exact) mass is 366 g/mol. The van der Waals surface area contributed by atoms with E-state index in [2.05, 4.69) is 15.0 Å². The molecular weight excluding hydrogens is 348 g/mol. The van der Waals surface area contributed by atoms with Crippen molar-refractivity contribution in [2.45, 2.75) is 12.8 Å². The fraction of sp³-hybridized carbons (Fsp3) is 0.150. The lowest BCUT2D eigenvalue weighted by Gasteiger charge is -2.05. The standard InChI is InChI=1S/C20H18N2O3S/c1-25-20(24)15-7-9-16(10-8-15)21-18(23)11-12-19-22-17(13-26-19)14-5-3-2-4-6-14/h2-10,13H,11-12H2,1H3,(H,21,23). The van der Waals surface area contributed by atoms with Crippen molar-refractivity contribution in [2.75, 3.05) is 12.4 Å². The molecule has 0 saturated heterocycles. The minimum atomic E-state index is -0.402. The number of nitrogens with one attached hydrogen (secondary N) is 1. The van der Waals surface area contributed by atoms with E-state index in [0.29, 0.717) is 24.1 Å². The molecule has 0 spiro atoms. The van der Waals surface area contributed by atoms with E-state index in [1.54, 1.807) is 35.6 Å². The summed E-state index contributed by atoms with van der Waals surface area (Å²) in [4.78, 5) is 28.1. The Morgan fingerprint density at radius 3 is 2.50 bits per heavy atom. The summed E-state index contributed by atoms with van der Waals surface area (Å²) < 4.78 is 4.65. The third kappa shape index (κ3) is 4.55. The van der Waals surface area contributed by atoms with Crippen molar-refractivity contribution < 1.29 is 14.3 Å². The fourth-order valence-corrected chi connectivity index (χ4v) is 3.23. The van der Waals surface area contributed by atoms with Gasteiger partial charge in [-0.05, 0) is 24.3 Å². The third-order valence-electron chi connectivity index (χ3n) is 3.78. The van der Waals surface area contributed by atoms with Gasteiger partial charge in [-0.1, -0.05) is 30.3 Å². The Morgan fingerprint density at radius 2 is 1.81 bits per heavy atom. The van der Waals surface area contributed by atoms with E-state index >= 15 is 0 Å². The smallest absolute Gasteiger partial charge is 0.337 e. The Balaban J connectivity index is 1.53. The average Bonchev–Trinajstić information content (AvgIpc) is 3.16. The molecule has 1 amide bonds. The van der Waals surface area contributed by atoms with Gasteiger partial charge >= 0.3 is 5.97 Å². The van der Waals surface area contributed by atoms with Crippen LogP contribution in [-0.4, -0.2) is 24.0 Å². The molecule has 132 valence electrons. The Bertz CT molecular complexity index is 889. The van der Waals surface area contributed by atoms with Gasteiger partial charge in [-0.25, -0.2) is 9.78 Å². The number of nitrogens with zero attached hydrogens (tertiary/aromatic N) is 1. The summed E-state index contributed by atoms with van der Waals surface area (Å²) in [7, 11) is 1.33. The summed E-state index contributed by atoms with van der Waals surface area (Å²) in [5, 5.41) is 5.76. The zero-order valence-corrected chi connectivity index (χ0v) is 15.1. The van der Waals surface area contributed by atoms with E-state index in [1.807, 2.05) is 35.7 Å². The van der Waals surface area contributed by atoms with Crippen LogP contribution in [0.2, 0.25) is 0 Å². The molecule has 6 heteroatoms. The Labute approximate surface area is 155 Å². The first-order chi connectivity index (χ1) is 12.7. The first-order valence-corrected chi connectivity index (χ1v) is 9.02. The number of carbonyl (C=O) groups is 2. The highest BCUT2D eigenvalue weighted by atomic mass is 32.1. The average molecular weight is 366 g/mol. The van der Waals surface area contributed by atoms with Crippen molar-refractivity contribution in [3.63, 3.8) is 0 Å². The van der Waals surface area contributed by atoms with Crippen LogP contribution in [0.3, 0.4) is 0 Å². The maximum absolute atomic E-state index is 12.1. The second kappa shape index (κ2) is 8.40. The topological polar surface area (TPSA) is 68.3 Å². The number of esters is 1. The number of amides is 1. The maximum Gasteiger partial charge on any atom is 0.337 e. The molecule has 0 unspecified atom stereocenters. The minimum Gasteiger partial charge on any atom is -0.465 e. The number of hydrogen-bond donors (Lipinski definition) is 1. The van der Waals surface area contributed by atoms with Crippen LogP contribution in [0, 0.1) is 0 Å². The predicted molar refractivity (Wildman–Crippen MR) is 102 cm³/mol. The van der Waals surface area contributed by atoms with Gasteiger partial charge in [0.15, 0.2) is 0 Å².